The van der Waals surface area contributed by atoms with Crippen molar-refractivity contribution >= 4 is 28.2 Å². The number of rotatable bonds is 3. The number of hydrogen-bond acceptors (Lipinski definition) is 2. The van der Waals surface area contributed by atoms with E-state index in [4.69, 9.17) is 0 Å². The number of nitrogens with zero attached hydrogens (tertiary/aromatic N) is 1. The van der Waals surface area contributed by atoms with Gasteiger partial charge in [-0.15, -0.1) is 0 Å². The molecule has 2 aromatic carbocycles. The van der Waals surface area contributed by atoms with Gasteiger partial charge in [0.05, 0.1) is 0 Å². The first kappa shape index (κ1) is 15.8. The molecule has 0 spiro atoms. The molecule has 4 heteroatoms. The third kappa shape index (κ3) is 3.00. The van der Waals surface area contributed by atoms with E-state index in [-0.39, 0.29) is 5.91 Å². The zero-order valence-corrected chi connectivity index (χ0v) is 14.7. The third-order valence-electron chi connectivity index (χ3n) is 5.17. The van der Waals surface area contributed by atoms with Crippen molar-refractivity contribution in [2.24, 2.45) is 0 Å². The van der Waals surface area contributed by atoms with Gasteiger partial charge in [0.25, 0.3) is 5.91 Å². The van der Waals surface area contributed by atoms with Gasteiger partial charge in [0.15, 0.2) is 0 Å². The Hall–Kier alpha value is -2.75. The number of H-pyrrole nitrogens is 1. The molecule has 4 nitrogen and oxygen atoms in total. The molecule has 1 fully saturated rings. The molecule has 25 heavy (non-hydrogen) atoms. The summed E-state index contributed by atoms with van der Waals surface area (Å²) in [6.45, 7) is 6.38. The minimum atomic E-state index is -0.0749. The van der Waals surface area contributed by atoms with E-state index in [1.807, 2.05) is 30.3 Å². The number of anilines is 2. The fourth-order valence-electron chi connectivity index (χ4n) is 3.54. The summed E-state index contributed by atoms with van der Waals surface area (Å²) in [6.07, 6.45) is 2.53. The highest BCUT2D eigenvalue weighted by Crippen LogP contribution is 2.24. The fraction of sp³-hybridized carbons (Fsp3) is 0.286. The molecule has 128 valence electrons. The highest BCUT2D eigenvalue weighted by Gasteiger charge is 2.13. The summed E-state index contributed by atoms with van der Waals surface area (Å²) in [5.74, 6) is -0.0749. The van der Waals surface area contributed by atoms with Gasteiger partial charge >= 0.3 is 0 Å². The summed E-state index contributed by atoms with van der Waals surface area (Å²) < 4.78 is 0. The Morgan fingerprint density at radius 2 is 1.76 bits per heavy atom. The number of aryl methyl sites for hydroxylation is 2. The molecule has 1 aliphatic heterocycles. The van der Waals surface area contributed by atoms with Crippen molar-refractivity contribution in [1.29, 1.82) is 0 Å². The van der Waals surface area contributed by atoms with Gasteiger partial charge in [-0.1, -0.05) is 0 Å². The number of nitrogens with one attached hydrogen (secondary N) is 2. The molecule has 0 aliphatic carbocycles. The molecule has 1 amide bonds. The van der Waals surface area contributed by atoms with Crippen molar-refractivity contribution < 1.29 is 4.79 Å². The van der Waals surface area contributed by atoms with E-state index in [0.29, 0.717) is 5.56 Å². The van der Waals surface area contributed by atoms with Crippen molar-refractivity contribution in [2.75, 3.05) is 23.3 Å². The normalized spacial score (nSPS) is 14.2. The highest BCUT2D eigenvalue weighted by molar-refractivity contribution is 6.06. The molecule has 0 bridgehead atoms. The Morgan fingerprint density at radius 3 is 2.48 bits per heavy atom. The lowest BCUT2D eigenvalue weighted by atomic mass is 10.1. The van der Waals surface area contributed by atoms with Crippen LogP contribution in [-0.4, -0.2) is 24.0 Å². The van der Waals surface area contributed by atoms with Crippen LogP contribution in [0.4, 0.5) is 11.4 Å². The third-order valence-corrected chi connectivity index (χ3v) is 5.17. The van der Waals surface area contributed by atoms with Crippen LogP contribution >= 0.6 is 0 Å². The first-order valence-corrected chi connectivity index (χ1v) is 8.87. The van der Waals surface area contributed by atoms with Crippen LogP contribution in [0.25, 0.3) is 10.9 Å². The van der Waals surface area contributed by atoms with Gasteiger partial charge in [0, 0.05) is 46.6 Å². The van der Waals surface area contributed by atoms with Gasteiger partial charge < -0.3 is 15.2 Å². The molecule has 1 saturated heterocycles. The summed E-state index contributed by atoms with van der Waals surface area (Å²) in [7, 11) is 0. The van der Waals surface area contributed by atoms with E-state index < -0.39 is 0 Å². The molecular weight excluding hydrogens is 310 g/mol. The minimum absolute atomic E-state index is 0.0749. The molecule has 2 N–H and O–H groups in total. The summed E-state index contributed by atoms with van der Waals surface area (Å²) in [5, 5.41) is 4.11. The Bertz CT molecular complexity index is 918. The van der Waals surface area contributed by atoms with Crippen molar-refractivity contribution in [3.63, 3.8) is 0 Å². The quantitative estimate of drug-likeness (QED) is 0.734. The van der Waals surface area contributed by atoms with Crippen LogP contribution in [0.2, 0.25) is 0 Å². The predicted octanol–water partition coefficient (Wildman–Crippen LogP) is 4.64. The second kappa shape index (κ2) is 6.28. The number of hydrogen-bond donors (Lipinski definition) is 2. The number of benzene rings is 2. The lowest BCUT2D eigenvalue weighted by molar-refractivity contribution is 0.102. The van der Waals surface area contributed by atoms with Crippen molar-refractivity contribution in [3.05, 3.63) is 59.3 Å². The van der Waals surface area contributed by atoms with Crippen LogP contribution in [0.1, 0.15) is 34.5 Å². The summed E-state index contributed by atoms with van der Waals surface area (Å²) in [5.41, 5.74) is 6.15. The standard InChI is InChI=1S/C21H23N3O/c1-14-15(2)22-20-10-5-16(13-19(14)20)21(25)23-17-6-8-18(9-7-17)24-11-3-4-12-24/h5-10,13,22H,3-4,11-12H2,1-2H3,(H,23,25). The topological polar surface area (TPSA) is 48.1 Å². The molecule has 0 unspecified atom stereocenters. The van der Waals surface area contributed by atoms with Crippen molar-refractivity contribution in [3.8, 4) is 0 Å². The maximum Gasteiger partial charge on any atom is 0.255 e. The largest absolute Gasteiger partial charge is 0.372 e. The van der Waals surface area contributed by atoms with E-state index in [2.05, 4.69) is 41.2 Å². The molecule has 1 aliphatic rings. The zero-order valence-electron chi connectivity index (χ0n) is 14.7. The van der Waals surface area contributed by atoms with E-state index in [1.54, 1.807) is 0 Å². The number of carbonyl (C=O) groups excluding carboxylic acids is 1. The van der Waals surface area contributed by atoms with Gasteiger partial charge in [-0.05, 0) is 74.7 Å². The number of fused-ring (bicyclic) bond motifs is 1. The molecule has 4 rings (SSSR count). The summed E-state index contributed by atoms with van der Waals surface area (Å²) in [6, 6.07) is 13.9. The van der Waals surface area contributed by atoms with E-state index in [9.17, 15) is 4.79 Å². The van der Waals surface area contributed by atoms with Crippen LogP contribution in [0.3, 0.4) is 0 Å². The predicted molar refractivity (Wildman–Crippen MR) is 104 cm³/mol. The second-order valence-corrected chi connectivity index (χ2v) is 6.83. The minimum Gasteiger partial charge on any atom is -0.372 e. The lowest BCUT2D eigenvalue weighted by Gasteiger charge is -2.17. The van der Waals surface area contributed by atoms with Crippen LogP contribution in [0, 0.1) is 13.8 Å². The fourth-order valence-corrected chi connectivity index (χ4v) is 3.54. The molecule has 3 aromatic rings. The van der Waals surface area contributed by atoms with Crippen molar-refractivity contribution in [1.82, 2.24) is 4.98 Å². The average molecular weight is 333 g/mol. The molecule has 0 saturated carbocycles. The lowest BCUT2D eigenvalue weighted by Crippen LogP contribution is -2.17. The monoisotopic (exact) mass is 333 g/mol. The Morgan fingerprint density at radius 1 is 1.04 bits per heavy atom. The molecule has 0 atom stereocenters. The number of carbonyl (C=O) groups is 1. The number of aromatic amines is 1. The van der Waals surface area contributed by atoms with Crippen LogP contribution in [0.15, 0.2) is 42.5 Å². The maximum absolute atomic E-state index is 12.6. The van der Waals surface area contributed by atoms with Crippen LogP contribution < -0.4 is 10.2 Å². The Kier molecular flexibility index (Phi) is 3.96. The Balaban J connectivity index is 1.52. The van der Waals surface area contributed by atoms with Gasteiger partial charge in [0.1, 0.15) is 0 Å². The van der Waals surface area contributed by atoms with Gasteiger partial charge in [-0.25, -0.2) is 0 Å². The molecule has 2 heterocycles. The molecule has 1 aromatic heterocycles. The van der Waals surface area contributed by atoms with E-state index >= 15 is 0 Å². The first-order valence-electron chi connectivity index (χ1n) is 8.87. The highest BCUT2D eigenvalue weighted by atomic mass is 16.1. The number of amides is 1. The smallest absolute Gasteiger partial charge is 0.255 e. The Labute approximate surface area is 147 Å². The SMILES string of the molecule is Cc1[nH]c2ccc(C(=O)Nc3ccc(N4CCCC4)cc3)cc2c1C. The summed E-state index contributed by atoms with van der Waals surface area (Å²) >= 11 is 0. The molecule has 0 radical (unpaired) electrons. The first-order chi connectivity index (χ1) is 12.1. The zero-order chi connectivity index (χ0) is 17.4. The van der Waals surface area contributed by atoms with Gasteiger partial charge in [-0.3, -0.25) is 4.79 Å². The van der Waals surface area contributed by atoms with E-state index in [0.717, 1.165) is 35.4 Å². The number of aromatic nitrogens is 1. The van der Waals surface area contributed by atoms with Gasteiger partial charge in [0.2, 0.25) is 0 Å². The van der Waals surface area contributed by atoms with E-state index in [1.165, 1.54) is 24.1 Å². The average Bonchev–Trinajstić information content (AvgIpc) is 3.25. The second-order valence-electron chi connectivity index (χ2n) is 6.83. The van der Waals surface area contributed by atoms with Crippen LogP contribution in [-0.2, 0) is 0 Å². The summed E-state index contributed by atoms with van der Waals surface area (Å²) in [4.78, 5) is 18.3. The van der Waals surface area contributed by atoms with Gasteiger partial charge in [-0.2, -0.15) is 0 Å². The van der Waals surface area contributed by atoms with Crippen molar-refractivity contribution in [2.45, 2.75) is 26.7 Å². The molecular formula is C21H23N3O. The maximum atomic E-state index is 12.6. The van der Waals surface area contributed by atoms with Crippen LogP contribution in [0.5, 0.6) is 0 Å².